The second-order valence-electron chi connectivity index (χ2n) is 9.35. The number of imidazole rings is 1. The first-order valence-electron chi connectivity index (χ1n) is 11.8. The number of pyridine rings is 1. The molecule has 2 aliphatic carbocycles. The number of carboxylic acids is 1. The molecule has 2 atom stereocenters. The van der Waals surface area contributed by atoms with E-state index in [-0.39, 0.29) is 29.4 Å². The first-order valence-corrected chi connectivity index (χ1v) is 12.2. The molecule has 36 heavy (non-hydrogen) atoms. The third-order valence-electron chi connectivity index (χ3n) is 6.60. The van der Waals surface area contributed by atoms with E-state index in [4.69, 9.17) is 11.6 Å². The molecule has 1 amide bonds. The van der Waals surface area contributed by atoms with Crippen molar-refractivity contribution in [2.75, 3.05) is 10.6 Å². The topological polar surface area (TPSA) is 122 Å². The fourth-order valence-electron chi connectivity index (χ4n) is 4.49. The van der Waals surface area contributed by atoms with Crippen LogP contribution in [0, 0.1) is 5.92 Å². The van der Waals surface area contributed by atoms with Crippen LogP contribution in [0.3, 0.4) is 0 Å². The normalized spacial score (nSPS) is 18.7. The molecule has 10 heteroatoms. The van der Waals surface area contributed by atoms with Crippen LogP contribution in [0.1, 0.15) is 58.5 Å². The maximum Gasteiger partial charge on any atom is 0.374 e. The minimum absolute atomic E-state index is 0.0811. The lowest BCUT2D eigenvalue weighted by Crippen LogP contribution is -2.18. The minimum Gasteiger partial charge on any atom is -0.475 e. The van der Waals surface area contributed by atoms with Crippen LogP contribution in [0.15, 0.2) is 54.9 Å². The molecule has 2 aliphatic rings. The number of aromatic carboxylic acids is 1. The number of halogens is 1. The van der Waals surface area contributed by atoms with Gasteiger partial charge in [-0.2, -0.15) is 0 Å². The number of carbonyl (C=O) groups is 2. The molecule has 182 valence electrons. The number of carboxylic acid groups (broad SMARTS) is 1. The average molecular weight is 503 g/mol. The summed E-state index contributed by atoms with van der Waals surface area (Å²) in [4.78, 5) is 37.1. The summed E-state index contributed by atoms with van der Waals surface area (Å²) in [5.41, 5.74) is 3.95. The van der Waals surface area contributed by atoms with Crippen molar-refractivity contribution in [2.24, 2.45) is 5.92 Å². The van der Waals surface area contributed by atoms with Gasteiger partial charge in [-0.05, 0) is 60.4 Å². The Morgan fingerprint density at radius 2 is 1.86 bits per heavy atom. The number of amides is 1. The predicted molar refractivity (Wildman–Crippen MR) is 134 cm³/mol. The maximum absolute atomic E-state index is 12.8. The van der Waals surface area contributed by atoms with Gasteiger partial charge in [-0.3, -0.25) is 4.79 Å². The molecule has 0 unspecified atom stereocenters. The van der Waals surface area contributed by atoms with Crippen molar-refractivity contribution in [3.63, 3.8) is 0 Å². The Morgan fingerprint density at radius 3 is 2.64 bits per heavy atom. The van der Waals surface area contributed by atoms with Crippen LogP contribution in [0.2, 0.25) is 5.02 Å². The number of rotatable bonds is 8. The van der Waals surface area contributed by atoms with Crippen LogP contribution in [-0.4, -0.2) is 36.3 Å². The molecule has 0 radical (unpaired) electrons. The molecule has 9 nitrogen and oxygen atoms in total. The summed E-state index contributed by atoms with van der Waals surface area (Å²) < 4.78 is 2.00. The SMILES string of the molecule is O=C(O)c1nc(NCc2cn3cc(C4CC4)ccc3n2)cc(NC(=O)[C@@H]2C[C@H]2c2cccc(Cl)c2)n1. The molecule has 3 aromatic heterocycles. The van der Waals surface area contributed by atoms with Gasteiger partial charge in [-0.25, -0.2) is 19.7 Å². The van der Waals surface area contributed by atoms with Crippen LogP contribution < -0.4 is 10.6 Å². The Balaban J connectivity index is 1.15. The number of benzene rings is 1. The number of aromatic nitrogens is 4. The van der Waals surface area contributed by atoms with E-state index in [1.807, 2.05) is 34.9 Å². The van der Waals surface area contributed by atoms with Crippen LogP contribution in [0.5, 0.6) is 0 Å². The number of hydrogen-bond acceptors (Lipinski definition) is 6. The summed E-state index contributed by atoms with van der Waals surface area (Å²) in [6.07, 6.45) is 7.22. The van der Waals surface area contributed by atoms with E-state index < -0.39 is 11.8 Å². The number of fused-ring (bicyclic) bond motifs is 1. The average Bonchev–Trinajstić information content (AvgIpc) is 3.78. The van der Waals surface area contributed by atoms with Gasteiger partial charge in [0.1, 0.15) is 17.3 Å². The zero-order chi connectivity index (χ0) is 24.8. The van der Waals surface area contributed by atoms with Gasteiger partial charge in [0.05, 0.1) is 12.2 Å². The Morgan fingerprint density at radius 1 is 1.03 bits per heavy atom. The van der Waals surface area contributed by atoms with Crippen molar-refractivity contribution < 1.29 is 14.7 Å². The van der Waals surface area contributed by atoms with Gasteiger partial charge in [-0.15, -0.1) is 0 Å². The summed E-state index contributed by atoms with van der Waals surface area (Å²) >= 11 is 6.07. The maximum atomic E-state index is 12.8. The van der Waals surface area contributed by atoms with E-state index in [0.29, 0.717) is 23.9 Å². The summed E-state index contributed by atoms with van der Waals surface area (Å²) in [5, 5.41) is 16.0. The van der Waals surface area contributed by atoms with Gasteiger partial charge in [0.15, 0.2) is 0 Å². The molecule has 2 saturated carbocycles. The number of anilines is 2. The second kappa shape index (κ2) is 8.91. The highest BCUT2D eigenvalue weighted by atomic mass is 35.5. The molecule has 1 aromatic carbocycles. The quantitative estimate of drug-likeness (QED) is 0.319. The van der Waals surface area contributed by atoms with Crippen LogP contribution in [0.4, 0.5) is 11.6 Å². The Kier molecular flexibility index (Phi) is 5.56. The highest BCUT2D eigenvalue weighted by Crippen LogP contribution is 2.48. The van der Waals surface area contributed by atoms with Gasteiger partial charge in [0.2, 0.25) is 11.7 Å². The first-order chi connectivity index (χ1) is 17.4. The molecule has 0 aliphatic heterocycles. The third-order valence-corrected chi connectivity index (χ3v) is 6.83. The fraction of sp³-hybridized carbons (Fsp3) is 0.269. The van der Waals surface area contributed by atoms with Crippen LogP contribution in [-0.2, 0) is 11.3 Å². The van der Waals surface area contributed by atoms with Gasteiger partial charge < -0.3 is 20.1 Å². The van der Waals surface area contributed by atoms with Crippen molar-refractivity contribution in [1.29, 1.82) is 0 Å². The van der Waals surface area contributed by atoms with Gasteiger partial charge in [0, 0.05) is 29.4 Å². The number of hydrogen-bond donors (Lipinski definition) is 3. The summed E-state index contributed by atoms with van der Waals surface area (Å²) in [5.74, 6) is -0.962. The summed E-state index contributed by atoms with van der Waals surface area (Å²) in [7, 11) is 0. The minimum atomic E-state index is -1.28. The van der Waals surface area contributed by atoms with Crippen molar-refractivity contribution in [3.8, 4) is 0 Å². The molecule has 4 aromatic rings. The third kappa shape index (κ3) is 4.74. The molecular formula is C26H23ClN6O3. The lowest BCUT2D eigenvalue weighted by atomic mass is 10.1. The highest BCUT2D eigenvalue weighted by Gasteiger charge is 2.44. The molecule has 6 rings (SSSR count). The van der Waals surface area contributed by atoms with Crippen LogP contribution >= 0.6 is 11.6 Å². The van der Waals surface area contributed by atoms with Crippen molar-refractivity contribution in [1.82, 2.24) is 19.4 Å². The Hall–Kier alpha value is -3.98. The fourth-order valence-corrected chi connectivity index (χ4v) is 4.69. The Bertz CT molecular complexity index is 1500. The van der Waals surface area contributed by atoms with E-state index in [9.17, 15) is 14.7 Å². The first kappa shape index (κ1) is 22.5. The molecule has 0 saturated heterocycles. The molecule has 2 fully saturated rings. The lowest BCUT2D eigenvalue weighted by molar-refractivity contribution is -0.117. The van der Waals surface area contributed by atoms with Gasteiger partial charge >= 0.3 is 5.97 Å². The van der Waals surface area contributed by atoms with E-state index in [1.165, 1.54) is 24.5 Å². The van der Waals surface area contributed by atoms with Gasteiger partial charge in [0.25, 0.3) is 0 Å². The standard InChI is InChI=1S/C26H23ClN6O3/c27-17-3-1-2-15(8-17)19-9-20(19)25(34)32-22-10-21(30-24(31-22)26(35)36)28-11-18-13-33-12-16(14-4-5-14)6-7-23(33)29-18/h1-3,6-8,10,12-14,19-20H,4-5,9,11H2,(H,35,36)(H2,28,30,31,32,34)/t19-,20+/m0/s1. The number of nitrogens with one attached hydrogen (secondary N) is 2. The zero-order valence-corrected chi connectivity index (χ0v) is 19.9. The van der Waals surface area contributed by atoms with Crippen molar-refractivity contribution in [2.45, 2.75) is 37.6 Å². The molecule has 0 spiro atoms. The van der Waals surface area contributed by atoms with Crippen molar-refractivity contribution in [3.05, 3.63) is 82.5 Å². The Labute approximate surface area is 211 Å². The van der Waals surface area contributed by atoms with Gasteiger partial charge in [-0.1, -0.05) is 29.8 Å². The zero-order valence-electron chi connectivity index (χ0n) is 19.2. The highest BCUT2D eigenvalue weighted by molar-refractivity contribution is 6.30. The van der Waals surface area contributed by atoms with E-state index >= 15 is 0 Å². The second-order valence-corrected chi connectivity index (χ2v) is 9.78. The predicted octanol–water partition coefficient (Wildman–Crippen LogP) is 4.71. The molecular weight excluding hydrogens is 480 g/mol. The van der Waals surface area contributed by atoms with E-state index in [2.05, 4.69) is 37.8 Å². The lowest BCUT2D eigenvalue weighted by Gasteiger charge is -2.09. The smallest absolute Gasteiger partial charge is 0.374 e. The summed E-state index contributed by atoms with van der Waals surface area (Å²) in [6.45, 7) is 0.337. The molecule has 3 N–H and O–H groups in total. The van der Waals surface area contributed by atoms with Crippen molar-refractivity contribution >= 4 is 40.8 Å². The largest absolute Gasteiger partial charge is 0.475 e. The number of carbonyl (C=O) groups excluding carboxylic acids is 1. The monoisotopic (exact) mass is 502 g/mol. The number of nitrogens with zero attached hydrogens (tertiary/aromatic N) is 4. The molecule has 3 heterocycles. The van der Waals surface area contributed by atoms with E-state index in [1.54, 1.807) is 6.07 Å². The summed E-state index contributed by atoms with van der Waals surface area (Å²) in [6, 6.07) is 13.1. The van der Waals surface area contributed by atoms with E-state index in [0.717, 1.165) is 16.9 Å². The van der Waals surface area contributed by atoms with Crippen LogP contribution in [0.25, 0.3) is 5.65 Å². The molecule has 0 bridgehead atoms.